The van der Waals surface area contributed by atoms with Crippen LogP contribution in [-0.4, -0.2) is 12.1 Å². The molecule has 0 saturated heterocycles. The van der Waals surface area contributed by atoms with Crippen LogP contribution in [-0.2, 0) is 0 Å². The molecule has 1 nitrogen and oxygen atoms in total. The van der Waals surface area contributed by atoms with Crippen molar-refractivity contribution < 1.29 is 0 Å². The molecule has 0 unspecified atom stereocenters. The van der Waals surface area contributed by atoms with Crippen molar-refractivity contribution in [1.29, 1.82) is 0 Å². The highest BCUT2D eigenvalue weighted by Crippen LogP contribution is 2.26. The molecule has 0 amide bonds. The van der Waals surface area contributed by atoms with E-state index in [0.29, 0.717) is 0 Å². The SMILES string of the molecule is C[C@H]1CCC[C@@H](NC2CCCCC2)C1. The van der Waals surface area contributed by atoms with Crippen LogP contribution in [0.25, 0.3) is 0 Å². The first kappa shape index (κ1) is 10.5. The molecule has 0 radical (unpaired) electrons. The van der Waals surface area contributed by atoms with E-state index in [0.717, 1.165) is 18.0 Å². The van der Waals surface area contributed by atoms with Crippen molar-refractivity contribution in [1.82, 2.24) is 5.32 Å². The largest absolute Gasteiger partial charge is 0.311 e. The summed E-state index contributed by atoms with van der Waals surface area (Å²) in [5.41, 5.74) is 0. The first-order valence-corrected chi connectivity index (χ1v) is 6.60. The van der Waals surface area contributed by atoms with E-state index in [2.05, 4.69) is 12.2 Å². The summed E-state index contributed by atoms with van der Waals surface area (Å²) in [6, 6.07) is 1.71. The summed E-state index contributed by atoms with van der Waals surface area (Å²) >= 11 is 0. The highest BCUT2D eigenvalue weighted by atomic mass is 15.0. The van der Waals surface area contributed by atoms with Crippen LogP contribution in [0.1, 0.15) is 64.7 Å². The van der Waals surface area contributed by atoms with Gasteiger partial charge in [-0.15, -0.1) is 0 Å². The van der Waals surface area contributed by atoms with Crippen LogP contribution in [0.4, 0.5) is 0 Å². The molecule has 0 aromatic rings. The summed E-state index contributed by atoms with van der Waals surface area (Å²) < 4.78 is 0. The maximum absolute atomic E-state index is 3.89. The van der Waals surface area contributed by atoms with E-state index in [1.807, 2.05) is 0 Å². The van der Waals surface area contributed by atoms with Crippen LogP contribution >= 0.6 is 0 Å². The van der Waals surface area contributed by atoms with Crippen molar-refractivity contribution in [3.8, 4) is 0 Å². The maximum atomic E-state index is 3.89. The van der Waals surface area contributed by atoms with Crippen molar-refractivity contribution in [2.75, 3.05) is 0 Å². The van der Waals surface area contributed by atoms with Gasteiger partial charge in [0.05, 0.1) is 0 Å². The normalized spacial score (nSPS) is 35.8. The van der Waals surface area contributed by atoms with Gasteiger partial charge in [-0.25, -0.2) is 0 Å². The number of hydrogen-bond donors (Lipinski definition) is 1. The molecule has 2 rings (SSSR count). The Kier molecular flexibility index (Phi) is 3.86. The Labute approximate surface area is 88.7 Å². The summed E-state index contributed by atoms with van der Waals surface area (Å²) in [6.07, 6.45) is 13.0. The molecule has 2 saturated carbocycles. The first-order chi connectivity index (χ1) is 6.84. The summed E-state index contributed by atoms with van der Waals surface area (Å²) in [5.74, 6) is 0.963. The van der Waals surface area contributed by atoms with Gasteiger partial charge in [0.25, 0.3) is 0 Å². The molecule has 0 spiro atoms. The molecule has 0 bridgehead atoms. The molecule has 0 aromatic carbocycles. The minimum Gasteiger partial charge on any atom is -0.311 e. The Morgan fingerprint density at radius 1 is 0.786 bits per heavy atom. The second kappa shape index (κ2) is 5.16. The van der Waals surface area contributed by atoms with Crippen LogP contribution in [0, 0.1) is 5.92 Å². The minimum absolute atomic E-state index is 0.849. The van der Waals surface area contributed by atoms with Gasteiger partial charge < -0.3 is 5.32 Å². The van der Waals surface area contributed by atoms with E-state index in [4.69, 9.17) is 0 Å². The van der Waals surface area contributed by atoms with Gasteiger partial charge in [0, 0.05) is 12.1 Å². The van der Waals surface area contributed by atoms with Gasteiger partial charge in [-0.05, 0) is 31.6 Å². The summed E-state index contributed by atoms with van der Waals surface area (Å²) in [5, 5.41) is 3.89. The summed E-state index contributed by atoms with van der Waals surface area (Å²) in [6.45, 7) is 2.41. The third-order valence-electron chi connectivity index (χ3n) is 4.01. The molecule has 1 N–H and O–H groups in total. The molecule has 14 heavy (non-hydrogen) atoms. The van der Waals surface area contributed by atoms with E-state index in [-0.39, 0.29) is 0 Å². The molecule has 2 aliphatic carbocycles. The van der Waals surface area contributed by atoms with Gasteiger partial charge in [0.1, 0.15) is 0 Å². The van der Waals surface area contributed by atoms with Gasteiger partial charge in [0.15, 0.2) is 0 Å². The molecule has 0 aromatic heterocycles. The first-order valence-electron chi connectivity index (χ1n) is 6.60. The van der Waals surface area contributed by atoms with Crippen LogP contribution in [0.2, 0.25) is 0 Å². The number of nitrogens with one attached hydrogen (secondary N) is 1. The van der Waals surface area contributed by atoms with Gasteiger partial charge >= 0.3 is 0 Å². The van der Waals surface area contributed by atoms with Crippen LogP contribution < -0.4 is 5.32 Å². The monoisotopic (exact) mass is 195 g/mol. The molecule has 0 aliphatic heterocycles. The third kappa shape index (κ3) is 2.98. The highest BCUT2D eigenvalue weighted by Gasteiger charge is 2.22. The molecule has 1 heteroatoms. The molecule has 82 valence electrons. The van der Waals surface area contributed by atoms with Crippen molar-refractivity contribution in [2.24, 2.45) is 5.92 Å². The second-order valence-electron chi connectivity index (χ2n) is 5.47. The van der Waals surface area contributed by atoms with Crippen molar-refractivity contribution >= 4 is 0 Å². The van der Waals surface area contributed by atoms with Crippen LogP contribution in [0.3, 0.4) is 0 Å². The lowest BCUT2D eigenvalue weighted by Gasteiger charge is -2.33. The van der Waals surface area contributed by atoms with E-state index < -0.39 is 0 Å². The second-order valence-corrected chi connectivity index (χ2v) is 5.47. The van der Waals surface area contributed by atoms with Crippen molar-refractivity contribution in [3.63, 3.8) is 0 Å². The lowest BCUT2D eigenvalue weighted by atomic mass is 9.85. The fourth-order valence-corrected chi connectivity index (χ4v) is 3.19. The van der Waals surface area contributed by atoms with Gasteiger partial charge in [-0.2, -0.15) is 0 Å². The van der Waals surface area contributed by atoms with Gasteiger partial charge in [0.2, 0.25) is 0 Å². The Hall–Kier alpha value is -0.0400. The van der Waals surface area contributed by atoms with E-state index in [1.54, 1.807) is 0 Å². The van der Waals surface area contributed by atoms with Gasteiger partial charge in [-0.1, -0.05) is 39.0 Å². The summed E-state index contributed by atoms with van der Waals surface area (Å²) in [7, 11) is 0. The zero-order valence-electron chi connectivity index (χ0n) is 9.60. The van der Waals surface area contributed by atoms with E-state index in [9.17, 15) is 0 Å². The van der Waals surface area contributed by atoms with Crippen molar-refractivity contribution in [3.05, 3.63) is 0 Å². The average Bonchev–Trinajstić information content (AvgIpc) is 2.19. The smallest absolute Gasteiger partial charge is 0.00721 e. The Morgan fingerprint density at radius 2 is 1.50 bits per heavy atom. The lowest BCUT2D eigenvalue weighted by Crippen LogP contribution is -2.41. The molecule has 0 heterocycles. The molecular formula is C13H25N. The molecular weight excluding hydrogens is 170 g/mol. The number of rotatable bonds is 2. The quantitative estimate of drug-likeness (QED) is 0.711. The van der Waals surface area contributed by atoms with Gasteiger partial charge in [-0.3, -0.25) is 0 Å². The maximum Gasteiger partial charge on any atom is 0.00721 e. The fourth-order valence-electron chi connectivity index (χ4n) is 3.19. The van der Waals surface area contributed by atoms with Crippen molar-refractivity contribution in [2.45, 2.75) is 76.8 Å². The fraction of sp³-hybridized carbons (Fsp3) is 1.00. The van der Waals surface area contributed by atoms with E-state index >= 15 is 0 Å². The predicted molar refractivity (Wildman–Crippen MR) is 61.4 cm³/mol. The average molecular weight is 195 g/mol. The number of hydrogen-bond acceptors (Lipinski definition) is 1. The topological polar surface area (TPSA) is 12.0 Å². The highest BCUT2D eigenvalue weighted by molar-refractivity contribution is 4.81. The van der Waals surface area contributed by atoms with E-state index in [1.165, 1.54) is 57.8 Å². The summed E-state index contributed by atoms with van der Waals surface area (Å²) in [4.78, 5) is 0. The molecule has 2 fully saturated rings. The van der Waals surface area contributed by atoms with Crippen LogP contribution in [0.15, 0.2) is 0 Å². The Bertz CT molecular complexity index is 161. The molecule has 2 aliphatic rings. The zero-order chi connectivity index (χ0) is 9.80. The predicted octanol–water partition coefficient (Wildman–Crippen LogP) is 3.49. The minimum atomic E-state index is 0.849. The lowest BCUT2D eigenvalue weighted by molar-refractivity contribution is 0.255. The van der Waals surface area contributed by atoms with Crippen LogP contribution in [0.5, 0.6) is 0 Å². The zero-order valence-corrected chi connectivity index (χ0v) is 9.60. The Balaban J connectivity index is 1.72. The third-order valence-corrected chi connectivity index (χ3v) is 4.01. The Morgan fingerprint density at radius 3 is 2.21 bits per heavy atom. The standard InChI is InChI=1S/C13H25N/c1-11-6-5-9-13(10-11)14-12-7-3-2-4-8-12/h11-14H,2-10H2,1H3/t11-,13+/m0/s1. The molecule has 2 atom stereocenters.